The van der Waals surface area contributed by atoms with E-state index in [2.05, 4.69) is 4.99 Å². The van der Waals surface area contributed by atoms with Crippen LogP contribution in [0.25, 0.3) is 0 Å². The number of carbonyl (C=O) groups excluding carboxylic acids is 1. The lowest BCUT2D eigenvalue weighted by atomic mass is 10.2. The molecule has 0 radical (unpaired) electrons. The van der Waals surface area contributed by atoms with E-state index in [0.717, 1.165) is 16.8 Å². The van der Waals surface area contributed by atoms with Crippen molar-refractivity contribution in [3.05, 3.63) is 71.5 Å². The first kappa shape index (κ1) is 13.3. The van der Waals surface area contributed by atoms with Gasteiger partial charge in [-0.05, 0) is 17.7 Å². The predicted octanol–water partition coefficient (Wildman–Crippen LogP) is 2.99. The molecule has 0 atom stereocenters. The van der Waals surface area contributed by atoms with Gasteiger partial charge in [-0.25, -0.2) is 9.79 Å². The van der Waals surface area contributed by atoms with Gasteiger partial charge in [0.05, 0.1) is 5.70 Å². The molecule has 1 aromatic rings. The van der Waals surface area contributed by atoms with Crippen molar-refractivity contribution in [1.82, 2.24) is 0 Å². The minimum atomic E-state index is -0.380. The number of fused-ring (bicyclic) bond motifs is 1. The summed E-state index contributed by atoms with van der Waals surface area (Å²) in [5.41, 5.74) is 3.15. The number of halogens is 1. The number of esters is 1. The molecule has 2 aliphatic rings. The van der Waals surface area contributed by atoms with Crippen LogP contribution in [0.1, 0.15) is 5.56 Å². The SMILES string of the molecule is Cl.O=C(OCc1ccccc1)C1=NC2=CC=CC2=C1. The predicted molar refractivity (Wildman–Crippen MR) is 76.2 cm³/mol. The van der Waals surface area contributed by atoms with Crippen LogP contribution in [0.15, 0.2) is 70.9 Å². The quantitative estimate of drug-likeness (QED) is 0.794. The average Bonchev–Trinajstić information content (AvgIpc) is 2.98. The Labute approximate surface area is 117 Å². The van der Waals surface area contributed by atoms with Gasteiger partial charge in [0.15, 0.2) is 0 Å². The molecule has 3 nitrogen and oxygen atoms in total. The Morgan fingerprint density at radius 3 is 2.74 bits per heavy atom. The van der Waals surface area contributed by atoms with Gasteiger partial charge in [-0.15, -0.1) is 12.4 Å². The molecule has 0 unspecified atom stereocenters. The van der Waals surface area contributed by atoms with Crippen LogP contribution >= 0.6 is 12.4 Å². The highest BCUT2D eigenvalue weighted by molar-refractivity contribution is 6.42. The second-order valence-corrected chi connectivity index (χ2v) is 4.07. The van der Waals surface area contributed by atoms with Gasteiger partial charge in [-0.1, -0.05) is 42.5 Å². The first-order valence-corrected chi connectivity index (χ1v) is 5.73. The van der Waals surface area contributed by atoms with E-state index in [1.54, 1.807) is 6.08 Å². The van der Waals surface area contributed by atoms with E-state index in [9.17, 15) is 4.79 Å². The second-order valence-electron chi connectivity index (χ2n) is 4.07. The minimum absolute atomic E-state index is 0. The Bertz CT molecular complexity index is 612. The summed E-state index contributed by atoms with van der Waals surface area (Å²) in [7, 11) is 0. The maximum Gasteiger partial charge on any atom is 0.357 e. The van der Waals surface area contributed by atoms with Gasteiger partial charge in [0.2, 0.25) is 0 Å². The summed E-state index contributed by atoms with van der Waals surface area (Å²) < 4.78 is 5.21. The molecule has 0 fully saturated rings. The van der Waals surface area contributed by atoms with Crippen LogP contribution in [0, 0.1) is 0 Å². The summed E-state index contributed by atoms with van der Waals surface area (Å²) in [6.45, 7) is 0.275. The fourth-order valence-corrected chi connectivity index (χ4v) is 1.86. The highest BCUT2D eigenvalue weighted by atomic mass is 35.5. The van der Waals surface area contributed by atoms with E-state index in [4.69, 9.17) is 4.74 Å². The van der Waals surface area contributed by atoms with Crippen LogP contribution in [0.3, 0.4) is 0 Å². The average molecular weight is 274 g/mol. The normalized spacial score (nSPS) is 15.1. The zero-order valence-corrected chi connectivity index (χ0v) is 10.9. The van der Waals surface area contributed by atoms with Crippen LogP contribution in [0.4, 0.5) is 0 Å². The highest BCUT2D eigenvalue weighted by Gasteiger charge is 2.20. The third-order valence-electron chi connectivity index (χ3n) is 2.78. The zero-order valence-electron chi connectivity index (χ0n) is 10.1. The molecule has 1 heterocycles. The van der Waals surface area contributed by atoms with Gasteiger partial charge in [0.1, 0.15) is 12.3 Å². The van der Waals surface area contributed by atoms with Gasteiger partial charge in [-0.2, -0.15) is 0 Å². The number of allylic oxidation sites excluding steroid dienone is 3. The molecule has 0 saturated carbocycles. The zero-order chi connectivity index (χ0) is 12.4. The van der Waals surface area contributed by atoms with E-state index >= 15 is 0 Å². The van der Waals surface area contributed by atoms with E-state index in [0.29, 0.717) is 5.71 Å². The van der Waals surface area contributed by atoms with Gasteiger partial charge in [0.25, 0.3) is 0 Å². The largest absolute Gasteiger partial charge is 0.456 e. The maximum atomic E-state index is 11.8. The monoisotopic (exact) mass is 273 g/mol. The van der Waals surface area contributed by atoms with Gasteiger partial charge in [0, 0.05) is 5.57 Å². The summed E-state index contributed by atoms with van der Waals surface area (Å²) >= 11 is 0. The van der Waals surface area contributed by atoms with Crippen LogP contribution in [-0.4, -0.2) is 11.7 Å². The Morgan fingerprint density at radius 1 is 1.21 bits per heavy atom. The molecule has 96 valence electrons. The Morgan fingerprint density at radius 2 is 2.00 bits per heavy atom. The fraction of sp³-hybridized carbons (Fsp3) is 0.0667. The molecular weight excluding hydrogens is 262 g/mol. The minimum Gasteiger partial charge on any atom is -0.456 e. The maximum absolute atomic E-state index is 11.8. The molecule has 0 bridgehead atoms. The number of aliphatic imine (C=N–C) groups is 1. The van der Waals surface area contributed by atoms with Crippen molar-refractivity contribution in [1.29, 1.82) is 0 Å². The van der Waals surface area contributed by atoms with Gasteiger partial charge in [-0.3, -0.25) is 0 Å². The number of benzene rings is 1. The molecule has 3 rings (SSSR count). The Hall–Kier alpha value is -2.13. The van der Waals surface area contributed by atoms with Crippen LogP contribution in [-0.2, 0) is 16.1 Å². The van der Waals surface area contributed by atoms with Crippen molar-refractivity contribution in [2.24, 2.45) is 4.99 Å². The molecule has 0 spiro atoms. The molecule has 0 aromatic heterocycles. The lowest BCUT2D eigenvalue weighted by Crippen LogP contribution is -2.14. The van der Waals surface area contributed by atoms with E-state index < -0.39 is 0 Å². The molecule has 1 aromatic carbocycles. The molecule has 1 aliphatic heterocycles. The van der Waals surface area contributed by atoms with Gasteiger partial charge < -0.3 is 4.74 Å². The summed E-state index contributed by atoms with van der Waals surface area (Å²) in [6, 6.07) is 9.59. The summed E-state index contributed by atoms with van der Waals surface area (Å²) in [6.07, 6.45) is 7.47. The molecule has 0 saturated heterocycles. The van der Waals surface area contributed by atoms with Crippen LogP contribution in [0.5, 0.6) is 0 Å². The Balaban J connectivity index is 0.00000133. The number of hydrogen-bond acceptors (Lipinski definition) is 3. The molecule has 0 N–H and O–H groups in total. The van der Waals surface area contributed by atoms with E-state index in [1.807, 2.05) is 48.6 Å². The lowest BCUT2D eigenvalue weighted by Gasteiger charge is -2.03. The van der Waals surface area contributed by atoms with Crippen LogP contribution in [0.2, 0.25) is 0 Å². The first-order chi connectivity index (χ1) is 8.83. The molecule has 0 amide bonds. The summed E-state index contributed by atoms with van der Waals surface area (Å²) in [5, 5.41) is 0. The Kier molecular flexibility index (Phi) is 3.97. The summed E-state index contributed by atoms with van der Waals surface area (Å²) in [4.78, 5) is 16.0. The number of rotatable bonds is 3. The number of carbonyl (C=O) groups is 1. The number of nitrogens with zero attached hydrogens (tertiary/aromatic N) is 1. The fourth-order valence-electron chi connectivity index (χ4n) is 1.86. The topological polar surface area (TPSA) is 38.7 Å². The molecule has 19 heavy (non-hydrogen) atoms. The van der Waals surface area contributed by atoms with E-state index in [-0.39, 0.29) is 25.0 Å². The summed E-state index contributed by atoms with van der Waals surface area (Å²) in [5.74, 6) is -0.380. The molecular formula is C15H12ClNO2. The number of hydrogen-bond donors (Lipinski definition) is 0. The third kappa shape index (κ3) is 2.83. The van der Waals surface area contributed by atoms with Crippen molar-refractivity contribution < 1.29 is 9.53 Å². The standard InChI is InChI=1S/C15H11NO2.ClH/c17-15(18-10-11-5-2-1-3-6-11)14-9-12-7-4-8-13(12)16-14;/h1-9H,10H2;1H. The third-order valence-corrected chi connectivity index (χ3v) is 2.78. The van der Waals surface area contributed by atoms with Gasteiger partial charge >= 0.3 is 5.97 Å². The highest BCUT2D eigenvalue weighted by Crippen LogP contribution is 2.25. The van der Waals surface area contributed by atoms with Crippen molar-refractivity contribution in [3.8, 4) is 0 Å². The second kappa shape index (κ2) is 5.67. The van der Waals surface area contributed by atoms with E-state index in [1.165, 1.54) is 0 Å². The van der Waals surface area contributed by atoms with Crippen molar-refractivity contribution in [3.63, 3.8) is 0 Å². The van der Waals surface area contributed by atoms with Crippen molar-refractivity contribution in [2.45, 2.75) is 6.61 Å². The number of ether oxygens (including phenoxy) is 1. The van der Waals surface area contributed by atoms with Crippen molar-refractivity contribution >= 4 is 24.1 Å². The lowest BCUT2D eigenvalue weighted by molar-refractivity contribution is -0.136. The van der Waals surface area contributed by atoms with Crippen LogP contribution < -0.4 is 0 Å². The molecule has 1 aliphatic carbocycles. The first-order valence-electron chi connectivity index (χ1n) is 5.73. The molecule has 4 heteroatoms. The van der Waals surface area contributed by atoms with Crippen molar-refractivity contribution in [2.75, 3.05) is 0 Å². The smallest absolute Gasteiger partial charge is 0.357 e.